The molecule has 2 fully saturated rings. The smallest absolute Gasteiger partial charge is 0.236 e. The van der Waals surface area contributed by atoms with Crippen molar-refractivity contribution in [2.45, 2.75) is 25.4 Å². The molecule has 8 nitrogen and oxygen atoms in total. The van der Waals surface area contributed by atoms with Gasteiger partial charge in [-0.1, -0.05) is 12.1 Å². The first-order valence-corrected chi connectivity index (χ1v) is 11.4. The highest BCUT2D eigenvalue weighted by Gasteiger charge is 2.29. The van der Waals surface area contributed by atoms with Crippen LogP contribution < -0.4 is 9.64 Å². The van der Waals surface area contributed by atoms with E-state index in [1.165, 1.54) is 6.42 Å². The summed E-state index contributed by atoms with van der Waals surface area (Å²) in [7, 11) is 5.51. The average Bonchev–Trinajstić information content (AvgIpc) is 2.84. The van der Waals surface area contributed by atoms with Gasteiger partial charge in [-0.2, -0.15) is 0 Å². The van der Waals surface area contributed by atoms with E-state index in [-0.39, 0.29) is 12.0 Å². The summed E-state index contributed by atoms with van der Waals surface area (Å²) in [5.41, 5.74) is 2.80. The number of hydrogen-bond acceptors (Lipinski definition) is 7. The van der Waals surface area contributed by atoms with Crippen LogP contribution in [0.5, 0.6) is 5.75 Å². The maximum Gasteiger partial charge on any atom is 0.236 e. The van der Waals surface area contributed by atoms with Crippen molar-refractivity contribution in [1.29, 1.82) is 0 Å². The maximum absolute atomic E-state index is 12.8. The summed E-state index contributed by atoms with van der Waals surface area (Å²) in [5.74, 6) is 1.66. The van der Waals surface area contributed by atoms with Crippen LogP contribution in [0.1, 0.15) is 31.1 Å². The maximum atomic E-state index is 12.8. The van der Waals surface area contributed by atoms with E-state index in [4.69, 9.17) is 14.5 Å². The molecule has 0 N–H and O–H groups in total. The Morgan fingerprint density at radius 3 is 2.59 bits per heavy atom. The molecule has 2 saturated heterocycles. The van der Waals surface area contributed by atoms with Gasteiger partial charge in [0.2, 0.25) is 11.9 Å². The van der Waals surface area contributed by atoms with Crippen molar-refractivity contribution in [3.05, 3.63) is 36.2 Å². The summed E-state index contributed by atoms with van der Waals surface area (Å²) in [6, 6.07) is 7.89. The second-order valence-corrected chi connectivity index (χ2v) is 8.63. The van der Waals surface area contributed by atoms with Gasteiger partial charge in [0.1, 0.15) is 11.9 Å². The molecule has 32 heavy (non-hydrogen) atoms. The van der Waals surface area contributed by atoms with Gasteiger partial charge in [-0.25, -0.2) is 9.97 Å². The van der Waals surface area contributed by atoms with Crippen LogP contribution in [0.4, 0.5) is 5.95 Å². The minimum absolute atomic E-state index is 0.220. The number of nitrogens with zero attached hydrogens (tertiary/aromatic N) is 5. The highest BCUT2D eigenvalue weighted by Crippen LogP contribution is 2.32. The Kier molecular flexibility index (Phi) is 7.22. The van der Waals surface area contributed by atoms with Crippen LogP contribution in [0.2, 0.25) is 0 Å². The van der Waals surface area contributed by atoms with E-state index in [9.17, 15) is 4.79 Å². The Hall–Kier alpha value is -2.71. The summed E-state index contributed by atoms with van der Waals surface area (Å²) in [6.45, 7) is 4.15. The van der Waals surface area contributed by atoms with Gasteiger partial charge in [0.05, 0.1) is 26.0 Å². The molecule has 0 unspecified atom stereocenters. The molecule has 0 bridgehead atoms. The number of morpholine rings is 1. The molecule has 2 aromatic rings. The van der Waals surface area contributed by atoms with Crippen LogP contribution in [0.25, 0.3) is 11.1 Å². The van der Waals surface area contributed by atoms with Gasteiger partial charge in [0, 0.05) is 52.0 Å². The molecule has 1 atom stereocenters. The van der Waals surface area contributed by atoms with Crippen molar-refractivity contribution in [3.63, 3.8) is 0 Å². The summed E-state index contributed by atoms with van der Waals surface area (Å²) in [5, 5.41) is 0. The molecule has 1 aromatic carbocycles. The molecular formula is C24H33N5O3. The molecule has 0 spiro atoms. The third-order valence-corrected chi connectivity index (χ3v) is 6.13. The Bertz CT molecular complexity index is 912. The normalized spacial score (nSPS) is 19.6. The van der Waals surface area contributed by atoms with Gasteiger partial charge >= 0.3 is 0 Å². The Balaban J connectivity index is 1.56. The summed E-state index contributed by atoms with van der Waals surface area (Å²) in [4.78, 5) is 28.3. The topological polar surface area (TPSA) is 71.0 Å². The monoisotopic (exact) mass is 439 g/mol. The van der Waals surface area contributed by atoms with Crippen LogP contribution in [-0.4, -0.2) is 86.2 Å². The van der Waals surface area contributed by atoms with E-state index in [2.05, 4.69) is 9.88 Å². The fourth-order valence-corrected chi connectivity index (χ4v) is 4.29. The highest BCUT2D eigenvalue weighted by molar-refractivity contribution is 5.78. The molecule has 1 aromatic heterocycles. The van der Waals surface area contributed by atoms with Crippen molar-refractivity contribution in [2.75, 3.05) is 65.4 Å². The number of rotatable bonds is 6. The first kappa shape index (κ1) is 22.5. The van der Waals surface area contributed by atoms with E-state index < -0.39 is 0 Å². The first-order valence-electron chi connectivity index (χ1n) is 11.4. The van der Waals surface area contributed by atoms with Gasteiger partial charge < -0.3 is 19.3 Å². The number of piperidine rings is 1. The third kappa shape index (κ3) is 5.19. The Morgan fingerprint density at radius 1 is 1.16 bits per heavy atom. The molecule has 172 valence electrons. The minimum atomic E-state index is -0.225. The quantitative estimate of drug-likeness (QED) is 0.685. The summed E-state index contributed by atoms with van der Waals surface area (Å²) >= 11 is 0. The van der Waals surface area contributed by atoms with Crippen LogP contribution in [0, 0.1) is 0 Å². The van der Waals surface area contributed by atoms with Crippen molar-refractivity contribution < 1.29 is 14.3 Å². The molecule has 4 rings (SSSR count). The predicted molar refractivity (Wildman–Crippen MR) is 124 cm³/mol. The lowest BCUT2D eigenvalue weighted by molar-refractivity contribution is -0.135. The molecule has 0 aliphatic carbocycles. The van der Waals surface area contributed by atoms with Crippen LogP contribution >= 0.6 is 0 Å². The van der Waals surface area contributed by atoms with Crippen molar-refractivity contribution in [1.82, 2.24) is 19.8 Å². The number of aromatic nitrogens is 2. The van der Waals surface area contributed by atoms with Gasteiger partial charge in [0.15, 0.2) is 0 Å². The number of methoxy groups -OCH3 is 1. The number of amides is 1. The summed E-state index contributed by atoms with van der Waals surface area (Å²) in [6.07, 6.45) is 5.07. The van der Waals surface area contributed by atoms with Crippen LogP contribution in [0.15, 0.2) is 30.5 Å². The summed E-state index contributed by atoms with van der Waals surface area (Å²) < 4.78 is 11.5. The zero-order valence-electron chi connectivity index (χ0n) is 19.3. The Labute approximate surface area is 190 Å². The fraction of sp³-hybridized carbons (Fsp3) is 0.542. The van der Waals surface area contributed by atoms with Crippen LogP contribution in [0.3, 0.4) is 0 Å². The lowest BCUT2D eigenvalue weighted by Gasteiger charge is -2.35. The molecule has 3 heterocycles. The molecule has 0 radical (unpaired) electrons. The fourth-order valence-electron chi connectivity index (χ4n) is 4.29. The highest BCUT2D eigenvalue weighted by atomic mass is 16.5. The van der Waals surface area contributed by atoms with Crippen LogP contribution in [-0.2, 0) is 9.53 Å². The van der Waals surface area contributed by atoms with E-state index in [0.717, 1.165) is 55.0 Å². The number of ether oxygens (including phenoxy) is 2. The average molecular weight is 440 g/mol. The lowest BCUT2D eigenvalue weighted by atomic mass is 10.0. The Morgan fingerprint density at radius 2 is 1.91 bits per heavy atom. The van der Waals surface area contributed by atoms with Crippen molar-refractivity contribution >= 4 is 11.9 Å². The zero-order chi connectivity index (χ0) is 22.5. The molecule has 8 heteroatoms. The number of anilines is 1. The lowest BCUT2D eigenvalue weighted by Crippen LogP contribution is -2.47. The number of carbonyl (C=O) groups is 1. The van der Waals surface area contributed by atoms with Gasteiger partial charge in [0.25, 0.3) is 0 Å². The third-order valence-electron chi connectivity index (χ3n) is 6.13. The number of benzene rings is 1. The molecule has 2 aliphatic rings. The van der Waals surface area contributed by atoms with E-state index in [1.54, 1.807) is 7.11 Å². The van der Waals surface area contributed by atoms with Crippen molar-refractivity contribution in [3.8, 4) is 16.9 Å². The second kappa shape index (κ2) is 10.3. The standard InChI is InChI=1S/C24H33N5O3/c1-27(2)24-25-15-20(18-7-9-19(31-3)10-8-18)23(26-24)21-16-28(13-14-32-21)17-22(30)29-11-5-4-6-12-29/h7-10,15,21H,4-6,11-14,16-17H2,1-3H3/t21-/m1/s1. The minimum Gasteiger partial charge on any atom is -0.497 e. The second-order valence-electron chi connectivity index (χ2n) is 8.63. The molecule has 1 amide bonds. The first-order chi connectivity index (χ1) is 15.5. The van der Waals surface area contributed by atoms with Gasteiger partial charge in [-0.15, -0.1) is 0 Å². The number of hydrogen-bond donors (Lipinski definition) is 0. The molecule has 0 saturated carbocycles. The number of likely N-dealkylation sites (tertiary alicyclic amines) is 1. The SMILES string of the molecule is COc1ccc(-c2cnc(N(C)C)nc2[C@H]2CN(CC(=O)N3CCCCC3)CCO2)cc1. The van der Waals surface area contributed by atoms with Gasteiger partial charge in [-0.3, -0.25) is 9.69 Å². The number of carbonyl (C=O) groups excluding carboxylic acids is 1. The van der Waals surface area contributed by atoms with E-state index in [1.807, 2.05) is 54.4 Å². The zero-order valence-corrected chi connectivity index (χ0v) is 19.3. The van der Waals surface area contributed by atoms with E-state index in [0.29, 0.717) is 25.6 Å². The molecule has 2 aliphatic heterocycles. The van der Waals surface area contributed by atoms with Gasteiger partial charge in [-0.05, 0) is 37.0 Å². The predicted octanol–water partition coefficient (Wildman–Crippen LogP) is 2.60. The molecular weight excluding hydrogens is 406 g/mol. The largest absolute Gasteiger partial charge is 0.497 e. The van der Waals surface area contributed by atoms with Crippen molar-refractivity contribution in [2.24, 2.45) is 0 Å². The van der Waals surface area contributed by atoms with E-state index >= 15 is 0 Å².